The zero-order valence-electron chi connectivity index (χ0n) is 22.7. The highest BCUT2D eigenvalue weighted by Crippen LogP contribution is 2.32. The zero-order valence-corrected chi connectivity index (χ0v) is 22.7. The Bertz CT molecular complexity index is 1210. The normalized spacial score (nSPS) is 18.3. The van der Waals surface area contributed by atoms with E-state index in [0.717, 1.165) is 81.5 Å². The van der Waals surface area contributed by atoms with Crippen LogP contribution in [0, 0.1) is 5.92 Å². The third-order valence-corrected chi connectivity index (χ3v) is 7.92. The molecule has 4 rings (SSSR count). The minimum absolute atomic E-state index is 0.0999. The molecule has 0 saturated carbocycles. The molecule has 0 atom stereocenters. The van der Waals surface area contributed by atoms with Crippen LogP contribution < -0.4 is 21.7 Å². The van der Waals surface area contributed by atoms with Gasteiger partial charge in [-0.3, -0.25) is 14.4 Å². The number of piperidine rings is 2. The lowest BCUT2D eigenvalue weighted by Crippen LogP contribution is -2.42. The number of pyridine rings is 1. The van der Waals surface area contributed by atoms with E-state index < -0.39 is 0 Å². The Morgan fingerprint density at radius 3 is 2.51 bits per heavy atom. The Hall–Kier alpha value is -3.86. The predicted molar refractivity (Wildman–Crippen MR) is 151 cm³/mol. The third-order valence-electron chi connectivity index (χ3n) is 7.92. The molecule has 2 aliphatic rings. The molecule has 2 amide bonds. The van der Waals surface area contributed by atoms with Crippen molar-refractivity contribution in [1.29, 1.82) is 0 Å². The summed E-state index contributed by atoms with van der Waals surface area (Å²) in [6, 6.07) is 4.22. The molecular formula is C28H40N8O3. The van der Waals surface area contributed by atoms with Gasteiger partial charge < -0.3 is 36.1 Å². The molecule has 2 aliphatic heterocycles. The summed E-state index contributed by atoms with van der Waals surface area (Å²) in [6.45, 7) is 5.30. The van der Waals surface area contributed by atoms with E-state index >= 15 is 0 Å². The van der Waals surface area contributed by atoms with E-state index in [1.165, 1.54) is 0 Å². The highest BCUT2D eigenvalue weighted by atomic mass is 16.2. The minimum atomic E-state index is -0.0999. The van der Waals surface area contributed by atoms with E-state index in [0.29, 0.717) is 30.6 Å². The van der Waals surface area contributed by atoms with E-state index in [2.05, 4.69) is 30.9 Å². The topological polar surface area (TPSA) is 143 Å². The summed E-state index contributed by atoms with van der Waals surface area (Å²) in [5, 5.41) is 3.52. The van der Waals surface area contributed by atoms with Gasteiger partial charge in [-0.25, -0.2) is 4.98 Å². The number of carbonyl (C=O) groups excluding carboxylic acids is 3. The van der Waals surface area contributed by atoms with Crippen LogP contribution in [0.4, 0.5) is 5.69 Å². The fourth-order valence-corrected chi connectivity index (χ4v) is 5.61. The van der Waals surface area contributed by atoms with Crippen LogP contribution >= 0.6 is 0 Å². The van der Waals surface area contributed by atoms with Gasteiger partial charge >= 0.3 is 0 Å². The molecule has 0 unspecified atom stereocenters. The second-order valence-electron chi connectivity index (χ2n) is 10.4. The lowest BCUT2D eigenvalue weighted by Gasteiger charge is -2.38. The van der Waals surface area contributed by atoms with Gasteiger partial charge in [0, 0.05) is 76.6 Å². The van der Waals surface area contributed by atoms with Crippen LogP contribution in [-0.4, -0.2) is 84.3 Å². The van der Waals surface area contributed by atoms with Gasteiger partial charge in [0.05, 0.1) is 17.2 Å². The molecule has 11 nitrogen and oxygen atoms in total. The quantitative estimate of drug-likeness (QED) is 0.222. The number of rotatable bonds is 11. The van der Waals surface area contributed by atoms with Gasteiger partial charge in [0.1, 0.15) is 5.65 Å². The van der Waals surface area contributed by atoms with Crippen molar-refractivity contribution < 1.29 is 14.4 Å². The highest BCUT2D eigenvalue weighted by molar-refractivity contribution is 5.96. The van der Waals surface area contributed by atoms with Gasteiger partial charge in [0.25, 0.3) is 0 Å². The minimum Gasteiger partial charge on any atom is -0.396 e. The monoisotopic (exact) mass is 536 g/mol. The van der Waals surface area contributed by atoms with Crippen LogP contribution in [0.15, 0.2) is 48.2 Å². The van der Waals surface area contributed by atoms with Crippen LogP contribution in [0.3, 0.4) is 0 Å². The van der Waals surface area contributed by atoms with Gasteiger partial charge in [-0.05, 0) is 55.9 Å². The summed E-state index contributed by atoms with van der Waals surface area (Å²) < 4.78 is 2.25. The number of nitrogens with zero attached hydrogens (tertiary/aromatic N) is 5. The number of aldehydes is 1. The second-order valence-corrected chi connectivity index (χ2v) is 10.4. The number of nitrogens with two attached hydrogens (primary N) is 2. The molecular weight excluding hydrogens is 496 g/mol. The molecule has 5 N–H and O–H groups in total. The van der Waals surface area contributed by atoms with E-state index in [1.807, 2.05) is 12.1 Å². The van der Waals surface area contributed by atoms with Crippen molar-refractivity contribution in [1.82, 2.24) is 24.7 Å². The van der Waals surface area contributed by atoms with E-state index in [-0.39, 0.29) is 18.0 Å². The standard InChI is InChI=1S/C28H40N8O3/c1-31-27(39)10-16-35(20-38)25-4-11-32-28-24(25)9-17-36(28)23-7-12-33(13-8-23)18-21-5-14-34(15-6-21)26(30)3-2-22(29)19-37/h2-4,9,11,17,19-21,23H,5-8,10,12-16,18,29-30H2,1H3,(H,31,39)/b22-2-,26-3+. The summed E-state index contributed by atoms with van der Waals surface area (Å²) in [7, 11) is 1.59. The first kappa shape index (κ1) is 28.2. The van der Waals surface area contributed by atoms with Gasteiger partial charge in [0.15, 0.2) is 6.29 Å². The SMILES string of the molecule is CNC(=O)CCN(C=O)c1ccnc2c1ccn2C1CCN(CC2CCN(/C(N)=C/C=C(\N)C=O)CC2)CC1. The van der Waals surface area contributed by atoms with Crippen molar-refractivity contribution in [3.05, 3.63) is 48.2 Å². The maximum atomic E-state index is 11.8. The van der Waals surface area contributed by atoms with Crippen LogP contribution in [0.2, 0.25) is 0 Å². The number of hydrogen-bond donors (Lipinski definition) is 3. The zero-order chi connectivity index (χ0) is 27.8. The molecule has 0 aromatic carbocycles. The van der Waals surface area contributed by atoms with E-state index in [1.54, 1.807) is 30.3 Å². The Morgan fingerprint density at radius 1 is 1.10 bits per heavy atom. The summed E-state index contributed by atoms with van der Waals surface area (Å²) in [5.41, 5.74) is 13.5. The Kier molecular flexibility index (Phi) is 9.59. The summed E-state index contributed by atoms with van der Waals surface area (Å²) in [5.74, 6) is 1.19. The average molecular weight is 537 g/mol. The van der Waals surface area contributed by atoms with Crippen LogP contribution in [0.1, 0.15) is 38.1 Å². The van der Waals surface area contributed by atoms with Crippen molar-refractivity contribution in [3.63, 3.8) is 0 Å². The molecule has 2 aromatic heterocycles. The van der Waals surface area contributed by atoms with Crippen molar-refractivity contribution in [2.45, 2.75) is 38.1 Å². The number of fused-ring (bicyclic) bond motifs is 1. The molecule has 2 aromatic rings. The first-order valence-corrected chi connectivity index (χ1v) is 13.7. The molecule has 0 bridgehead atoms. The van der Waals surface area contributed by atoms with E-state index in [9.17, 15) is 14.4 Å². The number of likely N-dealkylation sites (tertiary alicyclic amines) is 2. The lowest BCUT2D eigenvalue weighted by molar-refractivity contribution is -0.120. The number of hydrogen-bond acceptors (Lipinski definition) is 8. The summed E-state index contributed by atoms with van der Waals surface area (Å²) in [6.07, 6.45) is 13.0. The van der Waals surface area contributed by atoms with Crippen LogP contribution in [0.25, 0.3) is 11.0 Å². The van der Waals surface area contributed by atoms with Crippen LogP contribution in [-0.2, 0) is 14.4 Å². The molecule has 39 heavy (non-hydrogen) atoms. The first-order valence-electron chi connectivity index (χ1n) is 13.7. The number of aromatic nitrogens is 2. The lowest BCUT2D eigenvalue weighted by atomic mass is 9.94. The fourth-order valence-electron chi connectivity index (χ4n) is 5.61. The van der Waals surface area contributed by atoms with Crippen molar-refractivity contribution in [2.24, 2.45) is 17.4 Å². The number of allylic oxidation sites excluding steroid dienone is 3. The smallest absolute Gasteiger partial charge is 0.221 e. The number of carbonyl (C=O) groups is 3. The maximum absolute atomic E-state index is 11.8. The number of anilines is 1. The van der Waals surface area contributed by atoms with E-state index in [4.69, 9.17) is 11.5 Å². The molecule has 2 saturated heterocycles. The Morgan fingerprint density at radius 2 is 1.85 bits per heavy atom. The predicted octanol–water partition coefficient (Wildman–Crippen LogP) is 1.33. The average Bonchev–Trinajstić information content (AvgIpc) is 3.41. The van der Waals surface area contributed by atoms with Crippen molar-refractivity contribution >= 4 is 35.3 Å². The molecule has 4 heterocycles. The second kappa shape index (κ2) is 13.3. The largest absolute Gasteiger partial charge is 0.396 e. The Balaban J connectivity index is 1.30. The number of nitrogens with one attached hydrogen (secondary N) is 1. The van der Waals surface area contributed by atoms with Gasteiger partial charge in [-0.15, -0.1) is 0 Å². The summed E-state index contributed by atoms with van der Waals surface area (Å²) >= 11 is 0. The molecule has 0 spiro atoms. The van der Waals surface area contributed by atoms with Gasteiger partial charge in [-0.2, -0.15) is 0 Å². The molecule has 210 valence electrons. The van der Waals surface area contributed by atoms with Gasteiger partial charge in [0.2, 0.25) is 12.3 Å². The molecule has 0 aliphatic carbocycles. The summed E-state index contributed by atoms with van der Waals surface area (Å²) in [4.78, 5) is 45.1. The van der Waals surface area contributed by atoms with Crippen molar-refractivity contribution in [3.8, 4) is 0 Å². The highest BCUT2D eigenvalue weighted by Gasteiger charge is 2.26. The van der Waals surface area contributed by atoms with Gasteiger partial charge in [-0.1, -0.05) is 0 Å². The first-order chi connectivity index (χ1) is 18.9. The molecule has 2 fully saturated rings. The third kappa shape index (κ3) is 6.97. The molecule has 0 radical (unpaired) electrons. The Labute approximate surface area is 229 Å². The fraction of sp³-hybridized carbons (Fsp3) is 0.500. The number of amides is 2. The molecule has 11 heteroatoms. The van der Waals surface area contributed by atoms with Crippen molar-refractivity contribution in [2.75, 3.05) is 51.2 Å². The van der Waals surface area contributed by atoms with Crippen LogP contribution in [0.5, 0.6) is 0 Å². The maximum Gasteiger partial charge on any atom is 0.221 e.